The van der Waals surface area contributed by atoms with Gasteiger partial charge in [0.05, 0.1) is 12.9 Å². The predicted molar refractivity (Wildman–Crippen MR) is 97.4 cm³/mol. The Labute approximate surface area is 144 Å². The number of nitrogens with one attached hydrogen (secondary N) is 2. The fraction of sp³-hybridized carbons (Fsp3) is 0.667. The van der Waals surface area contributed by atoms with Gasteiger partial charge in [0.25, 0.3) is 0 Å². The Hall–Kier alpha value is -0.760. The Balaban J connectivity index is 0.00000400. The maximum absolute atomic E-state index is 5.31. The van der Waals surface area contributed by atoms with Crippen LogP contribution in [-0.2, 0) is 11.2 Å². The van der Waals surface area contributed by atoms with Crippen molar-refractivity contribution in [3.63, 3.8) is 0 Å². The van der Waals surface area contributed by atoms with Crippen molar-refractivity contribution in [2.24, 2.45) is 10.9 Å². The summed E-state index contributed by atoms with van der Waals surface area (Å²) in [5, 5.41) is 6.66. The molecule has 1 unspecified atom stereocenters. The molecule has 0 radical (unpaired) electrons. The van der Waals surface area contributed by atoms with Crippen molar-refractivity contribution >= 4 is 29.9 Å². The average Bonchev–Trinajstić information content (AvgIpc) is 2.89. The van der Waals surface area contributed by atoms with Crippen molar-refractivity contribution in [1.29, 1.82) is 0 Å². The third-order valence-corrected chi connectivity index (χ3v) is 2.66. The lowest BCUT2D eigenvalue weighted by atomic mass is 10.2. The average molecular weight is 409 g/mol. The lowest BCUT2D eigenvalue weighted by Gasteiger charge is -2.18. The van der Waals surface area contributed by atoms with Gasteiger partial charge in [-0.25, -0.2) is 0 Å². The zero-order chi connectivity index (χ0) is 14.8. The number of hydrogen-bond acceptors (Lipinski definition) is 3. The highest BCUT2D eigenvalue weighted by Crippen LogP contribution is 1.99. The SMILES string of the molecule is COCC(C)NC(=NCC(C)C)NCCc1ccco1.I. The topological polar surface area (TPSA) is 58.8 Å². The van der Waals surface area contributed by atoms with E-state index >= 15 is 0 Å². The van der Waals surface area contributed by atoms with Gasteiger partial charge in [0.2, 0.25) is 0 Å². The van der Waals surface area contributed by atoms with Gasteiger partial charge in [-0.1, -0.05) is 13.8 Å². The standard InChI is InChI=1S/C15H27N3O2.HI/c1-12(2)10-17-15(18-13(3)11-19-4)16-8-7-14-6-5-9-20-14;/h5-6,9,12-13H,7-8,10-11H2,1-4H3,(H2,16,17,18);1H. The van der Waals surface area contributed by atoms with E-state index in [2.05, 4.69) is 36.4 Å². The maximum Gasteiger partial charge on any atom is 0.191 e. The van der Waals surface area contributed by atoms with Crippen molar-refractivity contribution in [2.75, 3.05) is 26.8 Å². The molecule has 0 amide bonds. The van der Waals surface area contributed by atoms with E-state index < -0.39 is 0 Å². The van der Waals surface area contributed by atoms with E-state index in [1.165, 1.54) is 0 Å². The smallest absolute Gasteiger partial charge is 0.191 e. The molecule has 2 N–H and O–H groups in total. The van der Waals surface area contributed by atoms with Crippen molar-refractivity contribution < 1.29 is 9.15 Å². The van der Waals surface area contributed by atoms with E-state index in [9.17, 15) is 0 Å². The lowest BCUT2D eigenvalue weighted by Crippen LogP contribution is -2.44. The zero-order valence-electron chi connectivity index (χ0n) is 13.4. The maximum atomic E-state index is 5.31. The molecule has 0 spiro atoms. The predicted octanol–water partition coefficient (Wildman–Crippen LogP) is 2.67. The molecule has 21 heavy (non-hydrogen) atoms. The number of aliphatic imine (C=N–C) groups is 1. The van der Waals surface area contributed by atoms with Crippen molar-refractivity contribution in [3.8, 4) is 0 Å². The minimum Gasteiger partial charge on any atom is -0.469 e. The fourth-order valence-corrected chi connectivity index (χ4v) is 1.71. The number of hydrogen-bond donors (Lipinski definition) is 2. The number of halogens is 1. The molecule has 0 aliphatic heterocycles. The van der Waals surface area contributed by atoms with Crippen LogP contribution in [0, 0.1) is 5.92 Å². The Morgan fingerprint density at radius 1 is 1.38 bits per heavy atom. The third kappa shape index (κ3) is 9.73. The number of methoxy groups -OCH3 is 1. The summed E-state index contributed by atoms with van der Waals surface area (Å²) >= 11 is 0. The number of nitrogens with zero attached hydrogens (tertiary/aromatic N) is 1. The highest BCUT2D eigenvalue weighted by molar-refractivity contribution is 14.0. The van der Waals surface area contributed by atoms with Crippen molar-refractivity contribution in [3.05, 3.63) is 24.2 Å². The minimum absolute atomic E-state index is 0. The van der Waals surface area contributed by atoms with E-state index in [-0.39, 0.29) is 30.0 Å². The molecule has 0 aromatic carbocycles. The van der Waals surface area contributed by atoms with E-state index in [1.54, 1.807) is 13.4 Å². The normalized spacial score (nSPS) is 12.9. The molecule has 6 heteroatoms. The summed E-state index contributed by atoms with van der Waals surface area (Å²) in [6.45, 7) is 8.63. The Morgan fingerprint density at radius 3 is 2.71 bits per heavy atom. The van der Waals surface area contributed by atoms with E-state index in [0.29, 0.717) is 12.5 Å². The van der Waals surface area contributed by atoms with Crippen LogP contribution in [0.3, 0.4) is 0 Å². The van der Waals surface area contributed by atoms with Crippen LogP contribution in [0.1, 0.15) is 26.5 Å². The Kier molecular flexibility index (Phi) is 11.4. The number of ether oxygens (including phenoxy) is 1. The second-order valence-electron chi connectivity index (χ2n) is 5.34. The van der Waals surface area contributed by atoms with E-state index in [1.807, 2.05) is 12.1 Å². The molecule has 0 saturated heterocycles. The van der Waals surface area contributed by atoms with Gasteiger partial charge < -0.3 is 19.8 Å². The first-order valence-corrected chi connectivity index (χ1v) is 7.18. The van der Waals surface area contributed by atoms with Gasteiger partial charge in [-0.2, -0.15) is 0 Å². The zero-order valence-corrected chi connectivity index (χ0v) is 15.7. The second-order valence-corrected chi connectivity index (χ2v) is 5.34. The molecule has 122 valence electrons. The molecule has 5 nitrogen and oxygen atoms in total. The molecular weight excluding hydrogens is 381 g/mol. The molecule has 0 saturated carbocycles. The second kappa shape index (κ2) is 11.9. The van der Waals surface area contributed by atoms with Crippen LogP contribution in [0.5, 0.6) is 0 Å². The molecule has 1 atom stereocenters. The summed E-state index contributed by atoms with van der Waals surface area (Å²) in [5.41, 5.74) is 0. The van der Waals surface area contributed by atoms with Crippen LogP contribution in [0.4, 0.5) is 0 Å². The summed E-state index contributed by atoms with van der Waals surface area (Å²) in [6, 6.07) is 4.11. The van der Waals surface area contributed by atoms with Gasteiger partial charge in [0.15, 0.2) is 5.96 Å². The highest BCUT2D eigenvalue weighted by atomic mass is 127. The molecule has 1 heterocycles. The number of furan rings is 1. The third-order valence-electron chi connectivity index (χ3n) is 2.66. The lowest BCUT2D eigenvalue weighted by molar-refractivity contribution is 0.179. The van der Waals surface area contributed by atoms with Crippen LogP contribution >= 0.6 is 24.0 Å². The Bertz CT molecular complexity index is 380. The van der Waals surface area contributed by atoms with Crippen molar-refractivity contribution in [2.45, 2.75) is 33.2 Å². The van der Waals surface area contributed by atoms with Crippen LogP contribution in [0.15, 0.2) is 27.8 Å². The largest absolute Gasteiger partial charge is 0.469 e. The van der Waals surface area contributed by atoms with Gasteiger partial charge in [0, 0.05) is 32.7 Å². The first kappa shape index (κ1) is 20.2. The van der Waals surface area contributed by atoms with Crippen LogP contribution in [-0.4, -0.2) is 38.8 Å². The van der Waals surface area contributed by atoms with E-state index in [4.69, 9.17) is 9.15 Å². The van der Waals surface area contributed by atoms with Crippen LogP contribution in [0.25, 0.3) is 0 Å². The summed E-state index contributed by atoms with van der Waals surface area (Å²) in [6.07, 6.45) is 2.54. The van der Waals surface area contributed by atoms with Gasteiger partial charge in [0.1, 0.15) is 5.76 Å². The summed E-state index contributed by atoms with van der Waals surface area (Å²) in [4.78, 5) is 4.57. The summed E-state index contributed by atoms with van der Waals surface area (Å²) in [5.74, 6) is 2.34. The summed E-state index contributed by atoms with van der Waals surface area (Å²) in [7, 11) is 1.70. The minimum atomic E-state index is 0. The molecule has 0 aliphatic rings. The molecule has 0 bridgehead atoms. The van der Waals surface area contributed by atoms with Gasteiger partial charge >= 0.3 is 0 Å². The summed E-state index contributed by atoms with van der Waals surface area (Å²) < 4.78 is 10.4. The quantitative estimate of drug-likeness (QED) is 0.394. The van der Waals surface area contributed by atoms with Crippen molar-refractivity contribution in [1.82, 2.24) is 10.6 Å². The molecule has 0 fully saturated rings. The number of guanidine groups is 1. The number of rotatable bonds is 8. The molecule has 1 aromatic heterocycles. The first-order valence-electron chi connectivity index (χ1n) is 7.18. The fourth-order valence-electron chi connectivity index (χ4n) is 1.71. The molecule has 0 aliphatic carbocycles. The van der Waals surface area contributed by atoms with Gasteiger partial charge in [-0.3, -0.25) is 4.99 Å². The van der Waals surface area contributed by atoms with Gasteiger partial charge in [-0.05, 0) is 25.0 Å². The molecule has 1 rings (SSSR count). The van der Waals surface area contributed by atoms with Crippen LogP contribution in [0.2, 0.25) is 0 Å². The van der Waals surface area contributed by atoms with E-state index in [0.717, 1.165) is 31.2 Å². The monoisotopic (exact) mass is 409 g/mol. The highest BCUT2D eigenvalue weighted by Gasteiger charge is 2.06. The Morgan fingerprint density at radius 2 is 2.14 bits per heavy atom. The first-order chi connectivity index (χ1) is 9.61. The molecule has 1 aromatic rings. The molecular formula is C15H28IN3O2. The van der Waals surface area contributed by atoms with Gasteiger partial charge in [-0.15, -0.1) is 24.0 Å². The van der Waals surface area contributed by atoms with Crippen LogP contribution < -0.4 is 10.6 Å².